The Kier molecular flexibility index (Phi) is 5.84. The number of rotatable bonds is 7. The van der Waals surface area contributed by atoms with E-state index in [1.165, 1.54) is 5.56 Å². The zero-order valence-corrected chi connectivity index (χ0v) is 17.9. The van der Waals surface area contributed by atoms with Crippen LogP contribution in [-0.2, 0) is 13.2 Å². The van der Waals surface area contributed by atoms with Crippen LogP contribution in [0.4, 0.5) is 5.69 Å². The molecule has 1 amide bonds. The molecule has 4 rings (SSSR count). The monoisotopic (exact) mass is 415 g/mol. The number of carbonyl (C=O) groups is 1. The summed E-state index contributed by atoms with van der Waals surface area (Å²) in [6.45, 7) is 6.10. The summed E-state index contributed by atoms with van der Waals surface area (Å²) in [4.78, 5) is 12.9. The molecule has 0 aliphatic heterocycles. The molecule has 4 aromatic rings. The van der Waals surface area contributed by atoms with Gasteiger partial charge in [0, 0.05) is 0 Å². The van der Waals surface area contributed by atoms with Gasteiger partial charge in [-0.25, -0.2) is 9.36 Å². The van der Waals surface area contributed by atoms with Crippen LogP contribution in [0.1, 0.15) is 34.2 Å². The molecule has 0 atom stereocenters. The highest BCUT2D eigenvalue weighted by molar-refractivity contribution is 6.05. The molecular weight excluding hydrogens is 390 g/mol. The summed E-state index contributed by atoms with van der Waals surface area (Å²) in [5.74, 6) is 0.561. The van der Waals surface area contributed by atoms with E-state index in [0.717, 1.165) is 23.6 Å². The van der Waals surface area contributed by atoms with Crippen LogP contribution < -0.4 is 10.1 Å². The average molecular weight is 415 g/mol. The fraction of sp³-hybridized carbons (Fsp3) is 0.208. The zero-order chi connectivity index (χ0) is 21.8. The third-order valence-electron chi connectivity index (χ3n) is 5.11. The number of nitrogens with zero attached hydrogens (tertiary/aromatic N) is 4. The lowest BCUT2D eigenvalue weighted by Gasteiger charge is -2.07. The number of hydrogen-bond acceptors (Lipinski definition) is 4. The molecule has 7 nitrogen and oxygen atoms in total. The van der Waals surface area contributed by atoms with Crippen LogP contribution in [0, 0.1) is 13.8 Å². The molecule has 2 aromatic carbocycles. The highest BCUT2D eigenvalue weighted by Crippen LogP contribution is 2.20. The molecule has 0 spiro atoms. The van der Waals surface area contributed by atoms with E-state index in [4.69, 9.17) is 4.74 Å². The summed E-state index contributed by atoms with van der Waals surface area (Å²) in [5, 5.41) is 11.7. The van der Waals surface area contributed by atoms with Gasteiger partial charge in [0.2, 0.25) is 0 Å². The largest absolute Gasteiger partial charge is 0.471 e. The SMILES string of the molecule is CCc1ccc(OCn2cc(NC(=O)c3c(C)nn(-c4ccccc4)c3C)cn2)cc1. The van der Waals surface area contributed by atoms with E-state index >= 15 is 0 Å². The van der Waals surface area contributed by atoms with Crippen molar-refractivity contribution < 1.29 is 9.53 Å². The molecule has 0 radical (unpaired) electrons. The van der Waals surface area contributed by atoms with Crippen LogP contribution in [-0.4, -0.2) is 25.5 Å². The van der Waals surface area contributed by atoms with Crippen LogP contribution in [0.5, 0.6) is 5.75 Å². The highest BCUT2D eigenvalue weighted by atomic mass is 16.5. The lowest BCUT2D eigenvalue weighted by Crippen LogP contribution is -2.14. The number of amides is 1. The average Bonchev–Trinajstić information content (AvgIpc) is 3.36. The van der Waals surface area contributed by atoms with E-state index < -0.39 is 0 Å². The van der Waals surface area contributed by atoms with Gasteiger partial charge < -0.3 is 10.1 Å². The number of nitrogens with one attached hydrogen (secondary N) is 1. The van der Waals surface area contributed by atoms with Crippen molar-refractivity contribution in [1.29, 1.82) is 0 Å². The lowest BCUT2D eigenvalue weighted by molar-refractivity contribution is 0.102. The summed E-state index contributed by atoms with van der Waals surface area (Å²) < 4.78 is 9.18. The highest BCUT2D eigenvalue weighted by Gasteiger charge is 2.20. The fourth-order valence-electron chi connectivity index (χ4n) is 3.45. The molecule has 0 saturated heterocycles. The molecule has 0 fully saturated rings. The van der Waals surface area contributed by atoms with Gasteiger partial charge in [-0.1, -0.05) is 37.3 Å². The normalized spacial score (nSPS) is 10.8. The Morgan fingerprint density at radius 3 is 2.52 bits per heavy atom. The second kappa shape index (κ2) is 8.87. The van der Waals surface area contributed by atoms with Crippen molar-refractivity contribution in [3.8, 4) is 11.4 Å². The van der Waals surface area contributed by atoms with Gasteiger partial charge in [0.05, 0.1) is 40.7 Å². The second-order valence-electron chi connectivity index (χ2n) is 7.29. The maximum Gasteiger partial charge on any atom is 0.259 e. The molecule has 0 unspecified atom stereocenters. The number of anilines is 1. The maximum atomic E-state index is 12.9. The van der Waals surface area contributed by atoms with E-state index in [9.17, 15) is 4.79 Å². The first kappa shape index (κ1) is 20.4. The molecule has 0 saturated carbocycles. The fourth-order valence-corrected chi connectivity index (χ4v) is 3.45. The summed E-state index contributed by atoms with van der Waals surface area (Å²) in [7, 11) is 0. The van der Waals surface area contributed by atoms with Crippen molar-refractivity contribution in [3.05, 3.63) is 89.5 Å². The molecule has 7 heteroatoms. The van der Waals surface area contributed by atoms with Gasteiger partial charge in [0.1, 0.15) is 5.75 Å². The van der Waals surface area contributed by atoms with Crippen LogP contribution in [0.3, 0.4) is 0 Å². The number of aryl methyl sites for hydroxylation is 2. The van der Waals surface area contributed by atoms with Gasteiger partial charge in [0.25, 0.3) is 5.91 Å². The first-order valence-corrected chi connectivity index (χ1v) is 10.2. The van der Waals surface area contributed by atoms with Crippen molar-refractivity contribution in [2.75, 3.05) is 5.32 Å². The Balaban J connectivity index is 1.42. The number of carbonyl (C=O) groups excluding carboxylic acids is 1. The number of hydrogen-bond donors (Lipinski definition) is 1. The first-order chi connectivity index (χ1) is 15.0. The minimum atomic E-state index is -0.215. The van der Waals surface area contributed by atoms with E-state index in [1.54, 1.807) is 21.8 Å². The molecule has 1 N–H and O–H groups in total. The third kappa shape index (κ3) is 4.50. The number of benzene rings is 2. The molecular formula is C24H25N5O2. The quantitative estimate of drug-likeness (QED) is 0.481. The predicted octanol–water partition coefficient (Wildman–Crippen LogP) is 4.54. The number of ether oxygens (including phenoxy) is 1. The molecule has 2 aromatic heterocycles. The topological polar surface area (TPSA) is 74.0 Å². The van der Waals surface area contributed by atoms with Crippen molar-refractivity contribution in [3.63, 3.8) is 0 Å². The van der Waals surface area contributed by atoms with E-state index in [1.807, 2.05) is 68.4 Å². The van der Waals surface area contributed by atoms with Gasteiger partial charge in [0.15, 0.2) is 6.73 Å². The minimum absolute atomic E-state index is 0.215. The summed E-state index contributed by atoms with van der Waals surface area (Å²) in [5.41, 5.74) is 4.79. The van der Waals surface area contributed by atoms with E-state index in [2.05, 4.69) is 22.4 Å². The van der Waals surface area contributed by atoms with Crippen LogP contribution in [0.15, 0.2) is 67.0 Å². The third-order valence-corrected chi connectivity index (χ3v) is 5.11. The smallest absolute Gasteiger partial charge is 0.259 e. The summed E-state index contributed by atoms with van der Waals surface area (Å²) in [6.07, 6.45) is 4.34. The first-order valence-electron chi connectivity index (χ1n) is 10.2. The predicted molar refractivity (Wildman–Crippen MR) is 120 cm³/mol. The van der Waals surface area contributed by atoms with Crippen molar-refractivity contribution in [1.82, 2.24) is 19.6 Å². The van der Waals surface area contributed by atoms with Gasteiger partial charge in [-0.05, 0) is 50.1 Å². The molecule has 0 aliphatic carbocycles. The Hall–Kier alpha value is -3.87. The van der Waals surface area contributed by atoms with Crippen molar-refractivity contribution in [2.45, 2.75) is 33.9 Å². The van der Waals surface area contributed by atoms with Gasteiger partial charge in [-0.2, -0.15) is 10.2 Å². The Morgan fingerprint density at radius 1 is 1.06 bits per heavy atom. The Bertz CT molecular complexity index is 1180. The van der Waals surface area contributed by atoms with Gasteiger partial charge >= 0.3 is 0 Å². The minimum Gasteiger partial charge on any atom is -0.471 e. The molecule has 0 bridgehead atoms. The van der Waals surface area contributed by atoms with Crippen LogP contribution in [0.2, 0.25) is 0 Å². The molecule has 31 heavy (non-hydrogen) atoms. The zero-order valence-electron chi connectivity index (χ0n) is 17.9. The molecule has 158 valence electrons. The summed E-state index contributed by atoms with van der Waals surface area (Å²) in [6, 6.07) is 17.7. The standard InChI is InChI=1S/C24H25N5O2/c1-4-19-10-12-22(13-11-19)31-16-28-15-20(14-25-28)26-24(30)23-17(2)27-29(18(23)3)21-8-6-5-7-9-21/h5-15H,4,16H2,1-3H3,(H,26,30). The van der Waals surface area contributed by atoms with Crippen molar-refractivity contribution >= 4 is 11.6 Å². The Labute approximate surface area is 181 Å². The second-order valence-corrected chi connectivity index (χ2v) is 7.29. The summed E-state index contributed by atoms with van der Waals surface area (Å²) >= 11 is 0. The Morgan fingerprint density at radius 2 is 1.81 bits per heavy atom. The van der Waals surface area contributed by atoms with Crippen molar-refractivity contribution in [2.24, 2.45) is 0 Å². The molecule has 2 heterocycles. The van der Waals surface area contributed by atoms with Crippen LogP contribution in [0.25, 0.3) is 5.69 Å². The van der Waals surface area contributed by atoms with E-state index in [-0.39, 0.29) is 12.6 Å². The number of para-hydroxylation sites is 1. The maximum absolute atomic E-state index is 12.9. The van der Waals surface area contributed by atoms with Gasteiger partial charge in [-0.15, -0.1) is 0 Å². The van der Waals surface area contributed by atoms with E-state index in [0.29, 0.717) is 16.9 Å². The lowest BCUT2D eigenvalue weighted by atomic mass is 10.2. The molecule has 0 aliphatic rings. The van der Waals surface area contributed by atoms with Gasteiger partial charge in [-0.3, -0.25) is 4.79 Å². The number of aromatic nitrogens is 4. The van der Waals surface area contributed by atoms with Crippen LogP contribution >= 0.6 is 0 Å².